The predicted molar refractivity (Wildman–Crippen MR) is 110 cm³/mol. The first-order valence-corrected chi connectivity index (χ1v) is 10.1. The largest absolute Gasteiger partial charge is 0.487 e. The Morgan fingerprint density at radius 3 is 2.52 bits per heavy atom. The van der Waals surface area contributed by atoms with E-state index in [1.54, 1.807) is 43.5 Å². The Morgan fingerprint density at radius 2 is 1.83 bits per heavy atom. The Balaban J connectivity index is 1.50. The molecular formula is C23H27N3O3. The van der Waals surface area contributed by atoms with E-state index in [0.717, 1.165) is 30.6 Å². The summed E-state index contributed by atoms with van der Waals surface area (Å²) in [5.74, 6) is 1.19. The standard InChI is InChI=1S/C23H27N3O3/c1-25(2)21(27)15-18-16-23(29-20-6-4-3-5-19(18)20)9-13-26(14-10-23)22(28)17-7-11-24-12-8-17/h3-8,11-12,18H,9-10,13-16H2,1-2H3/t18-/m0/s1. The lowest BCUT2D eigenvalue weighted by Gasteiger charge is -2.47. The number of piperidine rings is 1. The van der Waals surface area contributed by atoms with Gasteiger partial charge in [-0.15, -0.1) is 0 Å². The molecule has 0 radical (unpaired) electrons. The molecule has 6 heteroatoms. The molecule has 1 spiro atoms. The molecule has 1 aromatic heterocycles. The lowest BCUT2D eigenvalue weighted by molar-refractivity contribution is -0.129. The second kappa shape index (κ2) is 7.85. The first-order chi connectivity index (χ1) is 14.0. The van der Waals surface area contributed by atoms with Gasteiger partial charge in [0.15, 0.2) is 0 Å². The molecule has 1 saturated heterocycles. The van der Waals surface area contributed by atoms with E-state index >= 15 is 0 Å². The molecule has 2 aromatic rings. The number of hydrogen-bond donors (Lipinski definition) is 0. The Morgan fingerprint density at radius 1 is 1.14 bits per heavy atom. The number of para-hydroxylation sites is 1. The van der Waals surface area contributed by atoms with Gasteiger partial charge >= 0.3 is 0 Å². The van der Waals surface area contributed by atoms with E-state index in [-0.39, 0.29) is 23.3 Å². The first kappa shape index (κ1) is 19.4. The topological polar surface area (TPSA) is 62.7 Å². The maximum Gasteiger partial charge on any atom is 0.253 e. The van der Waals surface area contributed by atoms with Crippen LogP contribution in [0.15, 0.2) is 48.8 Å². The molecule has 2 aliphatic heterocycles. The number of aromatic nitrogens is 1. The Labute approximate surface area is 171 Å². The van der Waals surface area contributed by atoms with E-state index in [0.29, 0.717) is 25.1 Å². The summed E-state index contributed by atoms with van der Waals surface area (Å²) in [7, 11) is 3.60. The van der Waals surface area contributed by atoms with Gasteiger partial charge < -0.3 is 14.5 Å². The summed E-state index contributed by atoms with van der Waals surface area (Å²) in [5, 5.41) is 0. The maximum absolute atomic E-state index is 12.8. The zero-order valence-electron chi connectivity index (χ0n) is 17.0. The molecule has 29 heavy (non-hydrogen) atoms. The summed E-state index contributed by atoms with van der Waals surface area (Å²) in [6.45, 7) is 1.30. The number of rotatable bonds is 3. The van der Waals surface area contributed by atoms with Gasteiger partial charge in [-0.05, 0) is 30.2 Å². The van der Waals surface area contributed by atoms with Crippen molar-refractivity contribution in [1.82, 2.24) is 14.8 Å². The van der Waals surface area contributed by atoms with Crippen LogP contribution in [0.4, 0.5) is 0 Å². The lowest BCUT2D eigenvalue weighted by atomic mass is 9.76. The molecule has 6 nitrogen and oxygen atoms in total. The SMILES string of the molecule is CN(C)C(=O)C[C@H]1CC2(CCN(C(=O)c3ccncc3)CC2)Oc2ccccc21. The van der Waals surface area contributed by atoms with Crippen LogP contribution in [0.25, 0.3) is 0 Å². The number of benzene rings is 1. The smallest absolute Gasteiger partial charge is 0.253 e. The molecule has 1 atom stereocenters. The predicted octanol–water partition coefficient (Wildman–Crippen LogP) is 3.10. The number of nitrogens with zero attached hydrogens (tertiary/aromatic N) is 3. The molecule has 0 bridgehead atoms. The summed E-state index contributed by atoms with van der Waals surface area (Å²) in [6, 6.07) is 11.6. The third kappa shape index (κ3) is 3.97. The number of carbonyl (C=O) groups excluding carboxylic acids is 2. The van der Waals surface area contributed by atoms with Crippen molar-refractivity contribution in [1.29, 1.82) is 0 Å². The van der Waals surface area contributed by atoms with Gasteiger partial charge in [0.2, 0.25) is 5.91 Å². The van der Waals surface area contributed by atoms with E-state index < -0.39 is 0 Å². The quantitative estimate of drug-likeness (QED) is 0.804. The Bertz CT molecular complexity index is 889. The number of amides is 2. The molecule has 2 amide bonds. The highest BCUT2D eigenvalue weighted by molar-refractivity contribution is 5.94. The molecule has 2 aliphatic rings. The van der Waals surface area contributed by atoms with Crippen LogP contribution < -0.4 is 4.74 Å². The third-order valence-corrected chi connectivity index (χ3v) is 6.11. The monoisotopic (exact) mass is 393 g/mol. The highest BCUT2D eigenvalue weighted by Crippen LogP contribution is 2.46. The molecule has 0 aliphatic carbocycles. The molecule has 152 valence electrons. The molecule has 0 N–H and O–H groups in total. The number of pyridine rings is 1. The van der Waals surface area contributed by atoms with Crippen molar-refractivity contribution >= 4 is 11.8 Å². The lowest BCUT2D eigenvalue weighted by Crippen LogP contribution is -2.52. The van der Waals surface area contributed by atoms with E-state index in [1.807, 2.05) is 23.1 Å². The number of hydrogen-bond acceptors (Lipinski definition) is 4. The zero-order valence-corrected chi connectivity index (χ0v) is 17.0. The van der Waals surface area contributed by atoms with Gasteiger partial charge in [0.25, 0.3) is 5.91 Å². The average molecular weight is 393 g/mol. The van der Waals surface area contributed by atoms with Gasteiger partial charge in [-0.25, -0.2) is 0 Å². The molecule has 1 fully saturated rings. The van der Waals surface area contributed by atoms with Crippen molar-refractivity contribution in [2.45, 2.75) is 37.2 Å². The fourth-order valence-corrected chi connectivity index (χ4v) is 4.42. The van der Waals surface area contributed by atoms with E-state index in [9.17, 15) is 9.59 Å². The van der Waals surface area contributed by atoms with Crippen LogP contribution in [-0.2, 0) is 4.79 Å². The van der Waals surface area contributed by atoms with E-state index in [1.165, 1.54) is 0 Å². The summed E-state index contributed by atoms with van der Waals surface area (Å²) in [4.78, 5) is 32.7. The minimum absolute atomic E-state index is 0.0396. The third-order valence-electron chi connectivity index (χ3n) is 6.11. The van der Waals surface area contributed by atoms with Crippen molar-refractivity contribution < 1.29 is 14.3 Å². The van der Waals surface area contributed by atoms with Crippen molar-refractivity contribution in [3.05, 3.63) is 59.9 Å². The number of likely N-dealkylation sites (tertiary alicyclic amines) is 1. The van der Waals surface area contributed by atoms with Crippen LogP contribution in [0, 0.1) is 0 Å². The second-order valence-corrected chi connectivity index (χ2v) is 8.24. The minimum Gasteiger partial charge on any atom is -0.487 e. The fourth-order valence-electron chi connectivity index (χ4n) is 4.42. The van der Waals surface area contributed by atoms with Crippen LogP contribution in [0.5, 0.6) is 5.75 Å². The van der Waals surface area contributed by atoms with Crippen LogP contribution in [0.3, 0.4) is 0 Å². The zero-order chi connectivity index (χ0) is 20.4. The minimum atomic E-state index is -0.319. The van der Waals surface area contributed by atoms with Gasteiger partial charge in [0, 0.05) is 70.3 Å². The van der Waals surface area contributed by atoms with Gasteiger partial charge in [0.1, 0.15) is 11.4 Å². The van der Waals surface area contributed by atoms with Crippen LogP contribution in [0.1, 0.15) is 47.5 Å². The Kier molecular flexibility index (Phi) is 5.26. The first-order valence-electron chi connectivity index (χ1n) is 10.1. The van der Waals surface area contributed by atoms with Crippen molar-refractivity contribution in [3.63, 3.8) is 0 Å². The van der Waals surface area contributed by atoms with Crippen LogP contribution in [-0.4, -0.2) is 59.4 Å². The van der Waals surface area contributed by atoms with Crippen molar-refractivity contribution in [2.24, 2.45) is 0 Å². The highest BCUT2D eigenvalue weighted by Gasteiger charge is 2.44. The second-order valence-electron chi connectivity index (χ2n) is 8.24. The van der Waals surface area contributed by atoms with E-state index in [4.69, 9.17) is 4.74 Å². The number of carbonyl (C=O) groups is 2. The van der Waals surface area contributed by atoms with E-state index in [2.05, 4.69) is 11.1 Å². The van der Waals surface area contributed by atoms with Crippen LogP contribution >= 0.6 is 0 Å². The fraction of sp³-hybridized carbons (Fsp3) is 0.435. The van der Waals surface area contributed by atoms with Gasteiger partial charge in [-0.3, -0.25) is 14.6 Å². The Hall–Kier alpha value is -2.89. The molecule has 4 rings (SSSR count). The van der Waals surface area contributed by atoms with Gasteiger partial charge in [0.05, 0.1) is 0 Å². The number of ether oxygens (including phenoxy) is 1. The summed E-state index contributed by atoms with van der Waals surface area (Å²) >= 11 is 0. The van der Waals surface area contributed by atoms with Crippen molar-refractivity contribution in [2.75, 3.05) is 27.2 Å². The van der Waals surface area contributed by atoms with Gasteiger partial charge in [-0.2, -0.15) is 0 Å². The van der Waals surface area contributed by atoms with Gasteiger partial charge in [-0.1, -0.05) is 18.2 Å². The molecule has 3 heterocycles. The molecule has 0 saturated carbocycles. The van der Waals surface area contributed by atoms with Crippen molar-refractivity contribution in [3.8, 4) is 5.75 Å². The van der Waals surface area contributed by atoms with Crippen LogP contribution in [0.2, 0.25) is 0 Å². The molecule has 1 aromatic carbocycles. The summed E-state index contributed by atoms with van der Waals surface area (Å²) in [6.07, 6.45) is 6.11. The molecular weight excluding hydrogens is 366 g/mol. The highest BCUT2D eigenvalue weighted by atomic mass is 16.5. The molecule has 0 unspecified atom stereocenters. The maximum atomic E-state index is 12.8. The normalized spacial score (nSPS) is 19.9. The summed E-state index contributed by atoms with van der Waals surface area (Å²) < 4.78 is 6.49. The average Bonchev–Trinajstić information content (AvgIpc) is 2.74. The summed E-state index contributed by atoms with van der Waals surface area (Å²) in [5.41, 5.74) is 1.46. The number of fused-ring (bicyclic) bond motifs is 1.